The second-order valence-corrected chi connectivity index (χ2v) is 8.44. The second-order valence-electron chi connectivity index (χ2n) is 8.44. The molecule has 6 nitrogen and oxygen atoms in total. The quantitative estimate of drug-likeness (QED) is 0.428. The topological polar surface area (TPSA) is 63.0 Å². The molecule has 0 aliphatic rings. The Labute approximate surface area is 195 Å². The highest BCUT2D eigenvalue weighted by Crippen LogP contribution is 2.16. The third kappa shape index (κ3) is 7.24. The molecular formula is C27H32N2O4. The molecule has 0 unspecified atom stereocenters. The molecular weight excluding hydrogens is 416 g/mol. The van der Waals surface area contributed by atoms with E-state index in [0.717, 1.165) is 12.0 Å². The predicted molar refractivity (Wildman–Crippen MR) is 128 cm³/mol. The largest absolute Gasteiger partial charge is 0.497 e. The van der Waals surface area contributed by atoms with Crippen molar-refractivity contribution in [1.29, 1.82) is 0 Å². The molecule has 0 N–H and O–H groups in total. The average Bonchev–Trinajstić information content (AvgIpc) is 3.34. The van der Waals surface area contributed by atoms with Crippen LogP contribution >= 0.6 is 0 Å². The van der Waals surface area contributed by atoms with Gasteiger partial charge < -0.3 is 19.0 Å². The Hall–Kier alpha value is -3.54. The summed E-state index contributed by atoms with van der Waals surface area (Å²) < 4.78 is 10.8. The summed E-state index contributed by atoms with van der Waals surface area (Å²) in [6, 6.07) is 20.8. The number of nitrogens with zero attached hydrogens (tertiary/aromatic N) is 2. The minimum atomic E-state index is -0.183. The van der Waals surface area contributed by atoms with Gasteiger partial charge in [-0.15, -0.1) is 0 Å². The third-order valence-electron chi connectivity index (χ3n) is 5.31. The minimum Gasteiger partial charge on any atom is -0.497 e. The first kappa shape index (κ1) is 24.1. The van der Waals surface area contributed by atoms with Gasteiger partial charge in [0.1, 0.15) is 18.1 Å². The summed E-state index contributed by atoms with van der Waals surface area (Å²) in [5.41, 5.74) is 1.66. The van der Waals surface area contributed by atoms with Crippen molar-refractivity contribution < 1.29 is 18.7 Å². The molecule has 174 valence electrons. The van der Waals surface area contributed by atoms with E-state index < -0.39 is 0 Å². The van der Waals surface area contributed by atoms with Crippen molar-refractivity contribution in [2.75, 3.05) is 26.7 Å². The Kier molecular flexibility index (Phi) is 8.70. The molecule has 0 bridgehead atoms. The number of carbonyl (C=O) groups is 2. The standard InChI is InChI=1S/C27H32N2O4/c1-21(2)18-29(27(31)23-11-7-12-24(17-23)32-3)20-26(30)28(19-25-13-8-16-33-25)15-14-22-9-5-4-6-10-22/h4-13,16-17,21H,14-15,18-20H2,1-3H3. The van der Waals surface area contributed by atoms with E-state index in [1.807, 2.05) is 56.3 Å². The summed E-state index contributed by atoms with van der Waals surface area (Å²) in [5.74, 6) is 1.25. The molecule has 3 rings (SSSR count). The van der Waals surface area contributed by atoms with Crippen LogP contribution in [0.4, 0.5) is 0 Å². The van der Waals surface area contributed by atoms with E-state index in [4.69, 9.17) is 9.15 Å². The lowest BCUT2D eigenvalue weighted by Gasteiger charge is -2.28. The lowest BCUT2D eigenvalue weighted by atomic mass is 10.1. The van der Waals surface area contributed by atoms with E-state index in [1.165, 1.54) is 0 Å². The Balaban J connectivity index is 1.76. The molecule has 6 heteroatoms. The van der Waals surface area contributed by atoms with E-state index in [-0.39, 0.29) is 24.3 Å². The van der Waals surface area contributed by atoms with E-state index in [2.05, 4.69) is 0 Å². The fraction of sp³-hybridized carbons (Fsp3) is 0.333. The van der Waals surface area contributed by atoms with Crippen LogP contribution in [0, 0.1) is 5.92 Å². The number of benzene rings is 2. The molecule has 0 radical (unpaired) electrons. The zero-order valence-electron chi connectivity index (χ0n) is 19.6. The number of furan rings is 1. The normalized spacial score (nSPS) is 10.8. The van der Waals surface area contributed by atoms with Crippen LogP contribution in [0.2, 0.25) is 0 Å². The third-order valence-corrected chi connectivity index (χ3v) is 5.31. The zero-order valence-corrected chi connectivity index (χ0v) is 19.6. The fourth-order valence-electron chi connectivity index (χ4n) is 3.65. The van der Waals surface area contributed by atoms with Gasteiger partial charge in [-0.3, -0.25) is 9.59 Å². The fourth-order valence-corrected chi connectivity index (χ4v) is 3.65. The summed E-state index contributed by atoms with van der Waals surface area (Å²) in [5, 5.41) is 0. The Morgan fingerprint density at radius 3 is 2.42 bits per heavy atom. The van der Waals surface area contributed by atoms with Crippen LogP contribution in [0.1, 0.15) is 35.5 Å². The first-order valence-corrected chi connectivity index (χ1v) is 11.2. The van der Waals surface area contributed by atoms with Gasteiger partial charge in [0, 0.05) is 18.7 Å². The Bertz CT molecular complexity index is 1020. The molecule has 2 aromatic carbocycles. The summed E-state index contributed by atoms with van der Waals surface area (Å²) in [7, 11) is 1.57. The molecule has 0 spiro atoms. The highest BCUT2D eigenvalue weighted by atomic mass is 16.5. The van der Waals surface area contributed by atoms with Gasteiger partial charge in [-0.2, -0.15) is 0 Å². The lowest BCUT2D eigenvalue weighted by Crippen LogP contribution is -2.44. The van der Waals surface area contributed by atoms with Crippen LogP contribution in [0.15, 0.2) is 77.4 Å². The van der Waals surface area contributed by atoms with Gasteiger partial charge in [0.2, 0.25) is 5.91 Å². The predicted octanol–water partition coefficient (Wildman–Crippen LogP) is 4.66. The molecule has 1 heterocycles. The van der Waals surface area contributed by atoms with Gasteiger partial charge in [0.15, 0.2) is 0 Å². The number of hydrogen-bond acceptors (Lipinski definition) is 4. The van der Waals surface area contributed by atoms with Crippen molar-refractivity contribution in [1.82, 2.24) is 9.80 Å². The van der Waals surface area contributed by atoms with Crippen LogP contribution in [-0.2, 0) is 17.8 Å². The van der Waals surface area contributed by atoms with Gasteiger partial charge >= 0.3 is 0 Å². The lowest BCUT2D eigenvalue weighted by molar-refractivity contribution is -0.132. The van der Waals surface area contributed by atoms with E-state index in [1.54, 1.807) is 47.4 Å². The maximum Gasteiger partial charge on any atom is 0.254 e. The molecule has 1 aromatic heterocycles. The monoisotopic (exact) mass is 448 g/mol. The average molecular weight is 449 g/mol. The number of hydrogen-bond donors (Lipinski definition) is 0. The number of rotatable bonds is 11. The molecule has 0 saturated heterocycles. The van der Waals surface area contributed by atoms with Crippen molar-refractivity contribution in [3.05, 3.63) is 89.9 Å². The van der Waals surface area contributed by atoms with Gasteiger partial charge in [0.25, 0.3) is 5.91 Å². The van der Waals surface area contributed by atoms with Crippen LogP contribution in [0.25, 0.3) is 0 Å². The SMILES string of the molecule is COc1cccc(C(=O)N(CC(=O)N(CCc2ccccc2)Cc2ccco2)CC(C)C)c1. The highest BCUT2D eigenvalue weighted by molar-refractivity contribution is 5.96. The van der Waals surface area contributed by atoms with Gasteiger partial charge in [-0.05, 0) is 48.2 Å². The number of methoxy groups -OCH3 is 1. The van der Waals surface area contributed by atoms with E-state index >= 15 is 0 Å². The molecule has 2 amide bonds. The Morgan fingerprint density at radius 1 is 0.970 bits per heavy atom. The first-order valence-electron chi connectivity index (χ1n) is 11.2. The van der Waals surface area contributed by atoms with E-state index in [9.17, 15) is 9.59 Å². The summed E-state index contributed by atoms with van der Waals surface area (Å²) >= 11 is 0. The molecule has 0 saturated carbocycles. The molecule has 0 aliphatic heterocycles. The van der Waals surface area contributed by atoms with Crippen LogP contribution in [-0.4, -0.2) is 48.4 Å². The number of carbonyl (C=O) groups excluding carboxylic acids is 2. The minimum absolute atomic E-state index is 0.00369. The zero-order chi connectivity index (χ0) is 23.6. The van der Waals surface area contributed by atoms with E-state index in [0.29, 0.717) is 36.7 Å². The second kappa shape index (κ2) is 11.9. The molecule has 0 atom stereocenters. The van der Waals surface area contributed by atoms with Crippen LogP contribution in [0.3, 0.4) is 0 Å². The highest BCUT2D eigenvalue weighted by Gasteiger charge is 2.24. The first-order chi connectivity index (χ1) is 16.0. The van der Waals surface area contributed by atoms with Crippen molar-refractivity contribution in [2.24, 2.45) is 5.92 Å². The van der Waals surface area contributed by atoms with Crippen molar-refractivity contribution in [2.45, 2.75) is 26.8 Å². The van der Waals surface area contributed by atoms with Gasteiger partial charge in [-0.25, -0.2) is 0 Å². The van der Waals surface area contributed by atoms with Gasteiger partial charge in [0.05, 0.1) is 19.9 Å². The molecule has 0 aliphatic carbocycles. The van der Waals surface area contributed by atoms with Crippen molar-refractivity contribution in [3.63, 3.8) is 0 Å². The number of amides is 2. The summed E-state index contributed by atoms with van der Waals surface area (Å²) in [4.78, 5) is 30.1. The summed E-state index contributed by atoms with van der Waals surface area (Å²) in [6.07, 6.45) is 2.33. The smallest absolute Gasteiger partial charge is 0.254 e. The Morgan fingerprint density at radius 2 is 1.76 bits per heavy atom. The van der Waals surface area contributed by atoms with Gasteiger partial charge in [-0.1, -0.05) is 50.2 Å². The number of ether oxygens (including phenoxy) is 1. The molecule has 33 heavy (non-hydrogen) atoms. The molecule has 3 aromatic rings. The summed E-state index contributed by atoms with van der Waals surface area (Å²) in [6.45, 7) is 5.45. The van der Waals surface area contributed by atoms with Crippen LogP contribution in [0.5, 0.6) is 5.75 Å². The van der Waals surface area contributed by atoms with Crippen LogP contribution < -0.4 is 4.74 Å². The maximum absolute atomic E-state index is 13.4. The van der Waals surface area contributed by atoms with Crippen molar-refractivity contribution in [3.8, 4) is 5.75 Å². The maximum atomic E-state index is 13.4. The molecule has 0 fully saturated rings. The van der Waals surface area contributed by atoms with Crippen molar-refractivity contribution >= 4 is 11.8 Å².